The smallest absolute Gasteiger partial charge is 0.239 e. The molecule has 2 fully saturated rings. The minimum atomic E-state index is 0.0480. The maximum atomic E-state index is 12.1. The number of carbonyl (C=O) groups is 1. The molecule has 4 nitrogen and oxygen atoms in total. The van der Waals surface area contributed by atoms with Gasteiger partial charge in [0.05, 0.1) is 19.3 Å². The summed E-state index contributed by atoms with van der Waals surface area (Å²) < 4.78 is 5.24. The van der Waals surface area contributed by atoms with E-state index in [4.69, 9.17) is 4.74 Å². The van der Waals surface area contributed by atoms with Gasteiger partial charge in [-0.15, -0.1) is 0 Å². The molecule has 2 aliphatic heterocycles. The quantitative estimate of drug-likeness (QED) is 0.683. The number of morpholine rings is 1. The number of carbonyl (C=O) groups excluding carboxylic acids is 1. The zero-order chi connectivity index (χ0) is 10.7. The van der Waals surface area contributed by atoms with Gasteiger partial charge in [0.2, 0.25) is 5.91 Å². The third kappa shape index (κ3) is 2.69. The van der Waals surface area contributed by atoms with Crippen LogP contribution in [0.3, 0.4) is 0 Å². The fourth-order valence-electron chi connectivity index (χ4n) is 2.34. The maximum absolute atomic E-state index is 12.1. The van der Waals surface area contributed by atoms with Crippen LogP contribution in [0.25, 0.3) is 0 Å². The number of nitrogens with zero attached hydrogens (tertiary/aromatic N) is 1. The standard InChI is InChI=1S/C11H20N2O2/c1-9-3-2-4-10(12-9)11(14)13-5-7-15-8-6-13/h9-10,12H,2-8H2,1H3/t9-,10-/m0/s1. The predicted octanol–water partition coefficient (Wildman–Crippen LogP) is 0.376. The Balaban J connectivity index is 1.88. The molecule has 0 spiro atoms. The molecule has 2 rings (SSSR count). The maximum Gasteiger partial charge on any atom is 0.239 e. The molecule has 2 saturated heterocycles. The van der Waals surface area contributed by atoms with Crippen LogP contribution in [-0.4, -0.2) is 49.2 Å². The highest BCUT2D eigenvalue weighted by molar-refractivity contribution is 5.82. The van der Waals surface area contributed by atoms with Crippen LogP contribution >= 0.6 is 0 Å². The Kier molecular flexibility index (Phi) is 3.59. The second kappa shape index (κ2) is 4.94. The van der Waals surface area contributed by atoms with Gasteiger partial charge in [0.25, 0.3) is 0 Å². The molecule has 0 bridgehead atoms. The Labute approximate surface area is 91.0 Å². The van der Waals surface area contributed by atoms with Crippen molar-refractivity contribution in [2.24, 2.45) is 0 Å². The summed E-state index contributed by atoms with van der Waals surface area (Å²) in [6, 6.07) is 0.528. The van der Waals surface area contributed by atoms with Crippen LogP contribution in [0, 0.1) is 0 Å². The first kappa shape index (κ1) is 10.9. The van der Waals surface area contributed by atoms with Gasteiger partial charge in [-0.25, -0.2) is 0 Å². The van der Waals surface area contributed by atoms with Gasteiger partial charge in [0.1, 0.15) is 0 Å². The second-order valence-corrected chi connectivity index (χ2v) is 4.49. The molecule has 0 radical (unpaired) electrons. The van der Waals surface area contributed by atoms with Crippen molar-refractivity contribution in [1.29, 1.82) is 0 Å². The summed E-state index contributed by atoms with van der Waals surface area (Å²) in [5.41, 5.74) is 0. The van der Waals surface area contributed by atoms with E-state index >= 15 is 0 Å². The summed E-state index contributed by atoms with van der Waals surface area (Å²) in [4.78, 5) is 14.0. The summed E-state index contributed by atoms with van der Waals surface area (Å²) in [6.07, 6.45) is 3.34. The lowest BCUT2D eigenvalue weighted by molar-refractivity contribution is -0.138. The highest BCUT2D eigenvalue weighted by atomic mass is 16.5. The van der Waals surface area contributed by atoms with Crippen molar-refractivity contribution < 1.29 is 9.53 Å². The minimum absolute atomic E-state index is 0.0480. The van der Waals surface area contributed by atoms with Crippen molar-refractivity contribution in [2.45, 2.75) is 38.3 Å². The minimum Gasteiger partial charge on any atom is -0.378 e. The third-order valence-electron chi connectivity index (χ3n) is 3.24. The molecule has 2 atom stereocenters. The number of hydrogen-bond donors (Lipinski definition) is 1. The van der Waals surface area contributed by atoms with E-state index in [1.807, 2.05) is 4.90 Å². The molecule has 4 heteroatoms. The fourth-order valence-corrected chi connectivity index (χ4v) is 2.34. The monoisotopic (exact) mass is 212 g/mol. The average Bonchev–Trinajstić information content (AvgIpc) is 2.29. The highest BCUT2D eigenvalue weighted by Crippen LogP contribution is 2.14. The van der Waals surface area contributed by atoms with E-state index in [2.05, 4.69) is 12.2 Å². The van der Waals surface area contributed by atoms with Gasteiger partial charge in [-0.3, -0.25) is 4.79 Å². The largest absolute Gasteiger partial charge is 0.378 e. The number of hydrogen-bond acceptors (Lipinski definition) is 3. The molecule has 0 aromatic heterocycles. The third-order valence-corrected chi connectivity index (χ3v) is 3.24. The normalized spacial score (nSPS) is 32.7. The lowest BCUT2D eigenvalue weighted by Crippen LogP contribution is -2.53. The first-order valence-corrected chi connectivity index (χ1v) is 5.90. The van der Waals surface area contributed by atoms with E-state index in [0.717, 1.165) is 25.9 Å². The Hall–Kier alpha value is -0.610. The molecule has 0 aromatic rings. The van der Waals surface area contributed by atoms with Crippen molar-refractivity contribution in [2.75, 3.05) is 26.3 Å². The van der Waals surface area contributed by atoms with Crippen LogP contribution < -0.4 is 5.32 Å². The van der Waals surface area contributed by atoms with Crippen LogP contribution in [0.2, 0.25) is 0 Å². The lowest BCUT2D eigenvalue weighted by atomic mass is 9.98. The summed E-state index contributed by atoms with van der Waals surface area (Å²) in [6.45, 7) is 5.04. The number of piperidine rings is 1. The van der Waals surface area contributed by atoms with E-state index in [0.29, 0.717) is 19.3 Å². The van der Waals surface area contributed by atoms with Crippen molar-refractivity contribution in [3.63, 3.8) is 0 Å². The number of ether oxygens (including phenoxy) is 1. The Morgan fingerprint density at radius 1 is 1.33 bits per heavy atom. The Morgan fingerprint density at radius 2 is 2.07 bits per heavy atom. The molecule has 1 N–H and O–H groups in total. The molecule has 0 aromatic carbocycles. The summed E-state index contributed by atoms with van der Waals surface area (Å²) in [5.74, 6) is 0.268. The zero-order valence-corrected chi connectivity index (χ0v) is 9.37. The van der Waals surface area contributed by atoms with Gasteiger partial charge < -0.3 is 15.0 Å². The van der Waals surface area contributed by atoms with Gasteiger partial charge in [-0.05, 0) is 26.2 Å². The topological polar surface area (TPSA) is 41.6 Å². The van der Waals surface area contributed by atoms with Gasteiger partial charge >= 0.3 is 0 Å². The van der Waals surface area contributed by atoms with Crippen molar-refractivity contribution in [3.05, 3.63) is 0 Å². The number of nitrogens with one attached hydrogen (secondary N) is 1. The molecule has 2 aliphatic rings. The van der Waals surface area contributed by atoms with E-state index < -0.39 is 0 Å². The average molecular weight is 212 g/mol. The first-order chi connectivity index (χ1) is 7.27. The zero-order valence-electron chi connectivity index (χ0n) is 9.37. The van der Waals surface area contributed by atoms with Crippen LogP contribution in [0.5, 0.6) is 0 Å². The summed E-state index contributed by atoms with van der Waals surface area (Å²) >= 11 is 0. The predicted molar refractivity (Wildman–Crippen MR) is 57.6 cm³/mol. The molecule has 0 unspecified atom stereocenters. The lowest BCUT2D eigenvalue weighted by Gasteiger charge is -2.34. The van der Waals surface area contributed by atoms with Crippen molar-refractivity contribution >= 4 is 5.91 Å². The SMILES string of the molecule is C[C@H]1CCC[C@@H](C(=O)N2CCOCC2)N1. The van der Waals surface area contributed by atoms with Crippen LogP contribution in [-0.2, 0) is 9.53 Å². The van der Waals surface area contributed by atoms with Gasteiger partial charge in [-0.2, -0.15) is 0 Å². The molecular weight excluding hydrogens is 192 g/mol. The van der Waals surface area contributed by atoms with Gasteiger partial charge in [0, 0.05) is 19.1 Å². The fraction of sp³-hybridized carbons (Fsp3) is 0.909. The van der Waals surface area contributed by atoms with E-state index in [-0.39, 0.29) is 11.9 Å². The molecule has 2 heterocycles. The first-order valence-electron chi connectivity index (χ1n) is 5.90. The van der Waals surface area contributed by atoms with Crippen molar-refractivity contribution in [1.82, 2.24) is 10.2 Å². The number of amides is 1. The van der Waals surface area contributed by atoms with Gasteiger partial charge in [-0.1, -0.05) is 0 Å². The van der Waals surface area contributed by atoms with E-state index in [9.17, 15) is 4.79 Å². The molecule has 15 heavy (non-hydrogen) atoms. The van der Waals surface area contributed by atoms with Crippen LogP contribution in [0.4, 0.5) is 0 Å². The summed E-state index contributed by atoms with van der Waals surface area (Å²) in [5, 5.41) is 3.38. The van der Waals surface area contributed by atoms with Crippen molar-refractivity contribution in [3.8, 4) is 0 Å². The van der Waals surface area contributed by atoms with Crippen LogP contribution in [0.1, 0.15) is 26.2 Å². The molecular formula is C11H20N2O2. The number of rotatable bonds is 1. The molecule has 86 valence electrons. The molecule has 1 amide bonds. The Morgan fingerprint density at radius 3 is 2.73 bits per heavy atom. The summed E-state index contributed by atoms with van der Waals surface area (Å²) in [7, 11) is 0. The van der Waals surface area contributed by atoms with Gasteiger partial charge in [0.15, 0.2) is 0 Å². The van der Waals surface area contributed by atoms with Crippen LogP contribution in [0.15, 0.2) is 0 Å². The van der Waals surface area contributed by atoms with E-state index in [1.165, 1.54) is 6.42 Å². The van der Waals surface area contributed by atoms with E-state index in [1.54, 1.807) is 0 Å². The Bertz CT molecular complexity index is 227. The molecule has 0 aliphatic carbocycles. The second-order valence-electron chi connectivity index (χ2n) is 4.49. The molecule has 0 saturated carbocycles. The highest BCUT2D eigenvalue weighted by Gasteiger charge is 2.28.